The van der Waals surface area contributed by atoms with Crippen molar-refractivity contribution < 1.29 is 9.59 Å². The number of nitrogens with one attached hydrogen (secondary N) is 1. The Morgan fingerprint density at radius 3 is 2.13 bits per heavy atom. The second-order valence-electron chi connectivity index (χ2n) is 4.51. The number of ketones is 2. The van der Waals surface area contributed by atoms with Gasteiger partial charge in [0.1, 0.15) is 0 Å². The molecule has 2 saturated carbocycles. The van der Waals surface area contributed by atoms with E-state index in [0.717, 1.165) is 12.8 Å². The number of carbonyl (C=O) groups excluding carboxylic acids is 2. The van der Waals surface area contributed by atoms with Crippen LogP contribution in [0.5, 0.6) is 0 Å². The van der Waals surface area contributed by atoms with E-state index in [9.17, 15) is 9.59 Å². The fourth-order valence-electron chi connectivity index (χ4n) is 2.43. The number of alkyl halides is 1. The first-order valence-corrected chi connectivity index (χ1v) is 6.66. The van der Waals surface area contributed by atoms with Crippen molar-refractivity contribution in [3.05, 3.63) is 0 Å². The zero-order chi connectivity index (χ0) is 11.3. The molecule has 2 aliphatic carbocycles. The zero-order valence-electron chi connectivity index (χ0n) is 8.31. The third-order valence-corrected chi connectivity index (χ3v) is 5.20. The maximum atomic E-state index is 11.8. The normalized spacial score (nSPS) is 41.6. The van der Waals surface area contributed by atoms with Gasteiger partial charge in [-0.1, -0.05) is 22.6 Å². The highest BCUT2D eigenvalue weighted by Gasteiger charge is 2.53. The smallest absolute Gasteiger partial charge is 0.184 e. The van der Waals surface area contributed by atoms with Gasteiger partial charge < -0.3 is 5.41 Å². The highest BCUT2D eigenvalue weighted by Crippen LogP contribution is 2.51. The maximum Gasteiger partial charge on any atom is 0.184 e. The number of rotatable bonds is 0. The molecule has 1 N–H and O–H groups in total. The lowest BCUT2D eigenvalue weighted by atomic mass is 9.71. The van der Waals surface area contributed by atoms with Crippen molar-refractivity contribution in [2.45, 2.75) is 35.3 Å². The Labute approximate surface area is 105 Å². The fraction of sp³-hybridized carbons (Fsp3) is 0.700. The number of hydrogen-bond donors (Lipinski definition) is 1. The summed E-state index contributed by atoms with van der Waals surface area (Å²) in [6, 6.07) is 0. The largest absolute Gasteiger partial charge is 0.301 e. The molecule has 0 heterocycles. The molecule has 2 rings (SSSR count). The second-order valence-corrected chi connectivity index (χ2v) is 8.94. The third-order valence-electron chi connectivity index (χ3n) is 3.55. The predicted molar refractivity (Wildman–Crippen MR) is 69.7 cm³/mol. The van der Waals surface area contributed by atoms with Crippen LogP contribution >= 0.6 is 31.8 Å². The molecule has 1 atom stereocenters. The Kier molecular flexibility index (Phi) is 2.79. The van der Waals surface area contributed by atoms with Gasteiger partial charge in [0.25, 0.3) is 0 Å². The van der Waals surface area contributed by atoms with E-state index in [-0.39, 0.29) is 26.9 Å². The van der Waals surface area contributed by atoms with Crippen LogP contribution in [-0.4, -0.2) is 20.4 Å². The van der Waals surface area contributed by atoms with Gasteiger partial charge in [0.05, 0.1) is 17.5 Å². The molecule has 1 spiro atoms. The minimum Gasteiger partial charge on any atom is -0.301 e. The molecule has 0 aromatic rings. The highest BCUT2D eigenvalue weighted by atomic mass is 127. The Bertz CT molecular complexity index is 354. The van der Waals surface area contributed by atoms with Crippen molar-refractivity contribution in [2.24, 2.45) is 5.41 Å². The lowest BCUT2D eigenvalue weighted by Gasteiger charge is -2.38. The van der Waals surface area contributed by atoms with Crippen molar-refractivity contribution in [1.29, 1.82) is 5.41 Å². The average Bonchev–Trinajstić information content (AvgIpc) is 2.35. The Morgan fingerprint density at radius 2 is 1.73 bits per heavy atom. The molecule has 2 fully saturated rings. The molecule has 82 valence electrons. The summed E-state index contributed by atoms with van der Waals surface area (Å²) in [7, 11) is 2.81. The molecule has 5 heteroatoms. The van der Waals surface area contributed by atoms with Crippen LogP contribution in [0.1, 0.15) is 32.1 Å². The van der Waals surface area contributed by atoms with E-state index < -0.39 is 5.41 Å². The third kappa shape index (κ3) is 1.80. The van der Waals surface area contributed by atoms with Gasteiger partial charge in [0.2, 0.25) is 0 Å². The topological polar surface area (TPSA) is 58.0 Å². The minimum atomic E-state index is -0.706. The van der Waals surface area contributed by atoms with Crippen LogP contribution in [0.2, 0.25) is 0 Å². The van der Waals surface area contributed by atoms with Crippen LogP contribution in [-0.2, 0) is 9.59 Å². The van der Waals surface area contributed by atoms with Gasteiger partial charge in [-0.25, -0.2) is 0 Å². The number of carbonyl (C=O) groups is 2. The molecular weight excluding hydrogens is 324 g/mol. The SMILES string of the molecule is N=C1C(=O)CC(=O)C12CCC(P)(I)CC2. The lowest BCUT2D eigenvalue weighted by molar-refractivity contribution is -0.126. The van der Waals surface area contributed by atoms with Gasteiger partial charge >= 0.3 is 0 Å². The summed E-state index contributed by atoms with van der Waals surface area (Å²) < 4.78 is 0.148. The summed E-state index contributed by atoms with van der Waals surface area (Å²) in [5.74, 6) is -0.279. The Morgan fingerprint density at radius 1 is 1.20 bits per heavy atom. The summed E-state index contributed by atoms with van der Waals surface area (Å²) in [5.41, 5.74) is -0.633. The molecule has 0 aromatic carbocycles. The molecule has 0 aliphatic heterocycles. The van der Waals surface area contributed by atoms with E-state index in [4.69, 9.17) is 5.41 Å². The molecular formula is C10H13INO2P. The summed E-state index contributed by atoms with van der Waals surface area (Å²) in [4.78, 5) is 23.2. The molecule has 3 nitrogen and oxygen atoms in total. The monoisotopic (exact) mass is 337 g/mol. The van der Waals surface area contributed by atoms with Crippen molar-refractivity contribution in [2.75, 3.05) is 0 Å². The van der Waals surface area contributed by atoms with Gasteiger partial charge in [0.15, 0.2) is 11.6 Å². The Balaban J connectivity index is 2.26. The van der Waals surface area contributed by atoms with E-state index in [1.54, 1.807) is 0 Å². The summed E-state index contributed by atoms with van der Waals surface area (Å²) in [6.07, 6.45) is 3.08. The summed E-state index contributed by atoms with van der Waals surface area (Å²) in [5, 5.41) is 7.78. The van der Waals surface area contributed by atoms with E-state index >= 15 is 0 Å². The van der Waals surface area contributed by atoms with Crippen LogP contribution < -0.4 is 0 Å². The molecule has 0 saturated heterocycles. The molecule has 1 unspecified atom stereocenters. The lowest BCUT2D eigenvalue weighted by Crippen LogP contribution is -2.40. The van der Waals surface area contributed by atoms with Crippen LogP contribution in [0, 0.1) is 10.8 Å². The minimum absolute atomic E-state index is 0.0191. The number of Topliss-reactive ketones (excluding diaryl/α,β-unsaturated/α-hetero) is 2. The van der Waals surface area contributed by atoms with E-state index in [2.05, 4.69) is 31.8 Å². The quantitative estimate of drug-likeness (QED) is 0.319. The molecule has 2 aliphatic rings. The first-order valence-electron chi connectivity index (χ1n) is 5.01. The van der Waals surface area contributed by atoms with Crippen LogP contribution in [0.15, 0.2) is 0 Å². The molecule has 0 bridgehead atoms. The number of halogens is 1. The highest BCUT2D eigenvalue weighted by molar-refractivity contribution is 14.1. The van der Waals surface area contributed by atoms with Crippen molar-refractivity contribution in [3.63, 3.8) is 0 Å². The fourth-order valence-corrected chi connectivity index (χ4v) is 3.26. The summed E-state index contributed by atoms with van der Waals surface area (Å²) in [6.45, 7) is 0. The standard InChI is InChI=1S/C10H13INO2P/c11-10(15)3-1-9(2-4-10)7(14)5-6(13)8(9)12/h12H,1-5,15H2. The predicted octanol–water partition coefficient (Wildman–Crippen LogP) is 2.11. The van der Waals surface area contributed by atoms with Crippen LogP contribution in [0.3, 0.4) is 0 Å². The van der Waals surface area contributed by atoms with Crippen LogP contribution in [0.4, 0.5) is 0 Å². The van der Waals surface area contributed by atoms with E-state index in [0.29, 0.717) is 12.8 Å². The van der Waals surface area contributed by atoms with Gasteiger partial charge in [-0.15, -0.1) is 9.24 Å². The average molecular weight is 337 g/mol. The molecule has 0 radical (unpaired) electrons. The second kappa shape index (κ2) is 3.59. The first kappa shape index (κ1) is 11.6. The van der Waals surface area contributed by atoms with Gasteiger partial charge in [0, 0.05) is 3.16 Å². The first-order chi connectivity index (χ1) is 6.87. The van der Waals surface area contributed by atoms with Gasteiger partial charge in [-0.3, -0.25) is 9.59 Å². The van der Waals surface area contributed by atoms with E-state index in [1.165, 1.54) is 0 Å². The van der Waals surface area contributed by atoms with E-state index in [1.807, 2.05) is 0 Å². The number of hydrogen-bond acceptors (Lipinski definition) is 3. The maximum absolute atomic E-state index is 11.8. The zero-order valence-corrected chi connectivity index (χ0v) is 11.6. The van der Waals surface area contributed by atoms with Gasteiger partial charge in [-0.2, -0.15) is 0 Å². The molecule has 15 heavy (non-hydrogen) atoms. The van der Waals surface area contributed by atoms with Gasteiger partial charge in [-0.05, 0) is 25.7 Å². The summed E-state index contributed by atoms with van der Waals surface area (Å²) >= 11 is 2.38. The van der Waals surface area contributed by atoms with Crippen molar-refractivity contribution in [3.8, 4) is 0 Å². The Hall–Kier alpha value is 0.170. The molecule has 0 aromatic heterocycles. The van der Waals surface area contributed by atoms with Crippen LogP contribution in [0.25, 0.3) is 0 Å². The van der Waals surface area contributed by atoms with Crippen molar-refractivity contribution in [1.82, 2.24) is 0 Å². The van der Waals surface area contributed by atoms with Crippen molar-refractivity contribution >= 4 is 49.1 Å². The molecule has 0 amide bonds.